The van der Waals surface area contributed by atoms with Gasteiger partial charge in [0, 0.05) is 27.7 Å². The van der Waals surface area contributed by atoms with Crippen LogP contribution < -0.4 is 5.32 Å². The van der Waals surface area contributed by atoms with Crippen LogP contribution in [-0.4, -0.2) is 16.3 Å². The van der Waals surface area contributed by atoms with Gasteiger partial charge in [0.05, 0.1) is 11.4 Å². The van der Waals surface area contributed by atoms with E-state index in [1.165, 1.54) is 5.56 Å². The van der Waals surface area contributed by atoms with E-state index in [1.807, 2.05) is 35.0 Å². The molecule has 3 aromatic rings. The highest BCUT2D eigenvalue weighted by molar-refractivity contribution is 6.34. The van der Waals surface area contributed by atoms with Crippen molar-refractivity contribution in [2.45, 2.75) is 19.3 Å². The van der Waals surface area contributed by atoms with Crippen molar-refractivity contribution in [2.24, 2.45) is 0 Å². The van der Waals surface area contributed by atoms with Crippen LogP contribution in [0.2, 0.25) is 10.0 Å². The standard InChI is InChI=1S/C19H17Cl2N3/c20-14-10-15(21)12-16(11-14)24-19-17(8-4-5-9-22-19)18(23-24)13-6-2-1-3-7-13/h1-3,6-7,10-12,22H,4-5,8-9H2. The van der Waals surface area contributed by atoms with Crippen LogP contribution in [0.25, 0.3) is 16.9 Å². The molecule has 0 saturated heterocycles. The monoisotopic (exact) mass is 357 g/mol. The van der Waals surface area contributed by atoms with Gasteiger partial charge in [-0.2, -0.15) is 5.10 Å². The minimum absolute atomic E-state index is 0.608. The van der Waals surface area contributed by atoms with Crippen molar-refractivity contribution >= 4 is 29.0 Å². The van der Waals surface area contributed by atoms with Gasteiger partial charge in [0.2, 0.25) is 0 Å². The molecule has 0 spiro atoms. The third kappa shape index (κ3) is 2.90. The fourth-order valence-corrected chi connectivity index (χ4v) is 3.69. The molecule has 2 aromatic carbocycles. The third-order valence-electron chi connectivity index (χ3n) is 4.27. The van der Waals surface area contributed by atoms with Crippen LogP contribution in [0.4, 0.5) is 5.82 Å². The molecule has 2 heterocycles. The first-order valence-electron chi connectivity index (χ1n) is 8.10. The fraction of sp³-hybridized carbons (Fsp3) is 0.211. The Kier molecular flexibility index (Phi) is 4.21. The summed E-state index contributed by atoms with van der Waals surface area (Å²) in [5.74, 6) is 1.05. The Morgan fingerprint density at radius 3 is 2.46 bits per heavy atom. The topological polar surface area (TPSA) is 29.9 Å². The molecule has 0 unspecified atom stereocenters. The highest BCUT2D eigenvalue weighted by Gasteiger charge is 2.21. The second-order valence-electron chi connectivity index (χ2n) is 5.97. The zero-order valence-corrected chi connectivity index (χ0v) is 14.6. The molecule has 0 atom stereocenters. The van der Waals surface area contributed by atoms with E-state index in [-0.39, 0.29) is 0 Å². The molecule has 1 aliphatic rings. The van der Waals surface area contributed by atoms with Gasteiger partial charge in [0.1, 0.15) is 5.82 Å². The van der Waals surface area contributed by atoms with Gasteiger partial charge in [-0.05, 0) is 37.5 Å². The number of rotatable bonds is 2. The average Bonchev–Trinajstić information content (AvgIpc) is 2.76. The quantitative estimate of drug-likeness (QED) is 0.647. The molecular weight excluding hydrogens is 341 g/mol. The number of nitrogens with zero attached hydrogens (tertiary/aromatic N) is 2. The van der Waals surface area contributed by atoms with Gasteiger partial charge in [-0.25, -0.2) is 4.68 Å². The van der Waals surface area contributed by atoms with Crippen molar-refractivity contribution in [3.8, 4) is 16.9 Å². The Hall–Kier alpha value is -1.97. The van der Waals surface area contributed by atoms with E-state index in [1.54, 1.807) is 6.07 Å². The number of aromatic nitrogens is 2. The molecule has 1 N–H and O–H groups in total. The Morgan fingerprint density at radius 2 is 1.71 bits per heavy atom. The maximum atomic E-state index is 6.19. The molecule has 1 aromatic heterocycles. The summed E-state index contributed by atoms with van der Waals surface area (Å²) < 4.78 is 1.93. The normalized spacial score (nSPS) is 13.9. The lowest BCUT2D eigenvalue weighted by Gasteiger charge is -2.10. The number of nitrogens with one attached hydrogen (secondary N) is 1. The molecule has 122 valence electrons. The lowest BCUT2D eigenvalue weighted by molar-refractivity contribution is 0.780. The molecule has 3 nitrogen and oxygen atoms in total. The van der Waals surface area contributed by atoms with E-state index in [4.69, 9.17) is 28.3 Å². The Labute approximate surface area is 151 Å². The van der Waals surface area contributed by atoms with Gasteiger partial charge in [-0.3, -0.25) is 0 Å². The highest BCUT2D eigenvalue weighted by Crippen LogP contribution is 2.34. The predicted molar refractivity (Wildman–Crippen MR) is 100 cm³/mol. The molecule has 24 heavy (non-hydrogen) atoms. The Balaban J connectivity index is 1.93. The van der Waals surface area contributed by atoms with Crippen LogP contribution in [0.3, 0.4) is 0 Å². The van der Waals surface area contributed by atoms with Crippen molar-refractivity contribution in [3.05, 3.63) is 64.1 Å². The maximum absolute atomic E-state index is 6.19. The van der Waals surface area contributed by atoms with Crippen LogP contribution in [-0.2, 0) is 6.42 Å². The molecule has 0 amide bonds. The van der Waals surface area contributed by atoms with E-state index in [2.05, 4.69) is 17.4 Å². The van der Waals surface area contributed by atoms with Crippen molar-refractivity contribution in [1.29, 1.82) is 0 Å². The van der Waals surface area contributed by atoms with Gasteiger partial charge < -0.3 is 5.32 Å². The van der Waals surface area contributed by atoms with Crippen LogP contribution in [0.15, 0.2) is 48.5 Å². The van der Waals surface area contributed by atoms with Gasteiger partial charge in [0.15, 0.2) is 0 Å². The second kappa shape index (κ2) is 6.50. The number of benzene rings is 2. The van der Waals surface area contributed by atoms with E-state index in [0.29, 0.717) is 10.0 Å². The molecule has 0 fully saturated rings. The van der Waals surface area contributed by atoms with E-state index in [0.717, 1.165) is 48.6 Å². The van der Waals surface area contributed by atoms with Crippen molar-refractivity contribution in [3.63, 3.8) is 0 Å². The minimum Gasteiger partial charge on any atom is -0.370 e. The van der Waals surface area contributed by atoms with Crippen LogP contribution in [0.1, 0.15) is 18.4 Å². The number of hydrogen-bond acceptors (Lipinski definition) is 2. The second-order valence-corrected chi connectivity index (χ2v) is 6.84. The molecular formula is C19H17Cl2N3. The maximum Gasteiger partial charge on any atom is 0.133 e. The summed E-state index contributed by atoms with van der Waals surface area (Å²) in [6.45, 7) is 0.946. The summed E-state index contributed by atoms with van der Waals surface area (Å²) in [5.41, 5.74) is 4.29. The van der Waals surface area contributed by atoms with Crippen molar-refractivity contribution in [1.82, 2.24) is 9.78 Å². The molecule has 1 aliphatic heterocycles. The summed E-state index contributed by atoms with van der Waals surface area (Å²) in [6, 6.07) is 15.8. The average molecular weight is 358 g/mol. The van der Waals surface area contributed by atoms with Crippen LogP contribution in [0, 0.1) is 0 Å². The lowest BCUT2D eigenvalue weighted by Crippen LogP contribution is -2.07. The molecule has 0 aliphatic carbocycles. The van der Waals surface area contributed by atoms with Gasteiger partial charge in [0.25, 0.3) is 0 Å². The van der Waals surface area contributed by atoms with Crippen molar-refractivity contribution in [2.75, 3.05) is 11.9 Å². The zero-order valence-electron chi connectivity index (χ0n) is 13.1. The lowest BCUT2D eigenvalue weighted by atomic mass is 10.0. The molecule has 0 bridgehead atoms. The summed E-state index contributed by atoms with van der Waals surface area (Å²) in [6.07, 6.45) is 3.32. The molecule has 4 rings (SSSR count). The van der Waals surface area contributed by atoms with E-state index in [9.17, 15) is 0 Å². The SMILES string of the molecule is Clc1cc(Cl)cc(-n2nc(-c3ccccc3)c3c2NCCCC3)c1. The molecule has 0 radical (unpaired) electrons. The zero-order chi connectivity index (χ0) is 16.5. The Bertz CT molecular complexity index is 852. The summed E-state index contributed by atoms with van der Waals surface area (Å²) >= 11 is 12.4. The number of hydrogen-bond donors (Lipinski definition) is 1. The minimum atomic E-state index is 0.608. The van der Waals surface area contributed by atoms with Crippen LogP contribution in [0.5, 0.6) is 0 Å². The first-order chi connectivity index (χ1) is 11.7. The molecule has 0 saturated carbocycles. The van der Waals surface area contributed by atoms with Crippen LogP contribution >= 0.6 is 23.2 Å². The first-order valence-corrected chi connectivity index (χ1v) is 8.85. The van der Waals surface area contributed by atoms with E-state index >= 15 is 0 Å². The third-order valence-corrected chi connectivity index (χ3v) is 4.71. The van der Waals surface area contributed by atoms with E-state index < -0.39 is 0 Å². The van der Waals surface area contributed by atoms with Crippen molar-refractivity contribution < 1.29 is 0 Å². The number of anilines is 1. The van der Waals surface area contributed by atoms with Gasteiger partial charge >= 0.3 is 0 Å². The summed E-state index contributed by atoms with van der Waals surface area (Å²) in [4.78, 5) is 0. The summed E-state index contributed by atoms with van der Waals surface area (Å²) in [5, 5.41) is 9.64. The predicted octanol–water partition coefficient (Wildman–Crippen LogP) is 5.59. The molecule has 5 heteroatoms. The number of fused-ring (bicyclic) bond motifs is 1. The summed E-state index contributed by atoms with van der Waals surface area (Å²) in [7, 11) is 0. The largest absolute Gasteiger partial charge is 0.370 e. The Morgan fingerprint density at radius 1 is 0.958 bits per heavy atom. The fourth-order valence-electron chi connectivity index (χ4n) is 3.18. The smallest absolute Gasteiger partial charge is 0.133 e. The first kappa shape index (κ1) is 15.6. The van der Waals surface area contributed by atoms with Gasteiger partial charge in [-0.15, -0.1) is 0 Å². The highest BCUT2D eigenvalue weighted by atomic mass is 35.5. The van der Waals surface area contributed by atoms with Gasteiger partial charge in [-0.1, -0.05) is 53.5 Å². The number of halogens is 2.